The molecule has 2 aromatic rings. The molecule has 3 N–H and O–H groups in total. The van der Waals surface area contributed by atoms with E-state index in [1.54, 1.807) is 36.5 Å². The van der Waals surface area contributed by atoms with Gasteiger partial charge in [-0.05, 0) is 18.2 Å². The first-order valence-electron chi connectivity index (χ1n) is 5.16. The van der Waals surface area contributed by atoms with E-state index in [1.807, 2.05) is 0 Å². The van der Waals surface area contributed by atoms with Crippen LogP contribution in [-0.4, -0.2) is 10.7 Å². The molecule has 0 saturated heterocycles. The summed E-state index contributed by atoms with van der Waals surface area (Å²) in [7, 11) is 0. The van der Waals surface area contributed by atoms with Gasteiger partial charge in [-0.2, -0.15) is 8.78 Å². The zero-order valence-electron chi connectivity index (χ0n) is 9.31. The third-order valence-electron chi connectivity index (χ3n) is 2.14. The number of aromatic nitrogens is 1. The van der Waals surface area contributed by atoms with E-state index in [9.17, 15) is 8.78 Å². The number of para-hydroxylation sites is 1. The molecule has 0 saturated carbocycles. The fourth-order valence-electron chi connectivity index (χ4n) is 1.45. The van der Waals surface area contributed by atoms with Gasteiger partial charge in [-0.25, -0.2) is 0 Å². The number of nitrogens with zero attached hydrogens (tertiary/aromatic N) is 1. The molecule has 0 unspecified atom stereocenters. The first-order valence-corrected chi connectivity index (χ1v) is 6.04. The number of rotatable bonds is 4. The Morgan fingerprint density at radius 3 is 2.72 bits per heavy atom. The van der Waals surface area contributed by atoms with Gasteiger partial charge >= 0.3 is 0 Å². The van der Waals surface area contributed by atoms with Gasteiger partial charge in [0.2, 0.25) is 0 Å². The number of halogens is 2. The molecular weight excluding hydrogens is 256 g/mol. The van der Waals surface area contributed by atoms with Crippen molar-refractivity contribution in [3.63, 3.8) is 0 Å². The van der Waals surface area contributed by atoms with Crippen molar-refractivity contribution in [2.75, 3.05) is 11.1 Å². The Balaban J connectivity index is 2.23. The number of benzene rings is 1. The Morgan fingerprint density at radius 1 is 1.22 bits per heavy atom. The van der Waals surface area contributed by atoms with Crippen LogP contribution < -0.4 is 11.1 Å². The first-order chi connectivity index (χ1) is 8.65. The molecule has 2 rings (SSSR count). The highest BCUT2D eigenvalue weighted by atomic mass is 32.2. The van der Waals surface area contributed by atoms with E-state index in [4.69, 9.17) is 5.73 Å². The van der Waals surface area contributed by atoms with Crippen LogP contribution in [0.3, 0.4) is 0 Å². The molecule has 6 heteroatoms. The van der Waals surface area contributed by atoms with Crippen molar-refractivity contribution in [2.24, 2.45) is 0 Å². The van der Waals surface area contributed by atoms with E-state index in [0.717, 1.165) is 0 Å². The maximum absolute atomic E-state index is 12.4. The van der Waals surface area contributed by atoms with Crippen LogP contribution in [0.5, 0.6) is 0 Å². The van der Waals surface area contributed by atoms with E-state index in [0.29, 0.717) is 33.7 Å². The average molecular weight is 267 g/mol. The van der Waals surface area contributed by atoms with Gasteiger partial charge in [0.25, 0.3) is 5.76 Å². The van der Waals surface area contributed by atoms with Crippen LogP contribution in [0.25, 0.3) is 0 Å². The van der Waals surface area contributed by atoms with Crippen molar-refractivity contribution in [3.8, 4) is 0 Å². The summed E-state index contributed by atoms with van der Waals surface area (Å²) in [6, 6.07) is 8.55. The van der Waals surface area contributed by atoms with Gasteiger partial charge in [0.1, 0.15) is 0 Å². The van der Waals surface area contributed by atoms with Crippen LogP contribution in [-0.2, 0) is 0 Å². The van der Waals surface area contributed by atoms with Gasteiger partial charge in [-0.15, -0.1) is 0 Å². The Bertz CT molecular complexity index is 534. The van der Waals surface area contributed by atoms with E-state index in [-0.39, 0.29) is 0 Å². The first kappa shape index (κ1) is 12.6. The summed E-state index contributed by atoms with van der Waals surface area (Å²) in [6.07, 6.45) is 3.10. The van der Waals surface area contributed by atoms with Crippen molar-refractivity contribution in [1.29, 1.82) is 0 Å². The number of thioether (sulfide) groups is 1. The fraction of sp³-hybridized carbons (Fsp3) is 0.0833. The van der Waals surface area contributed by atoms with Gasteiger partial charge in [-0.1, -0.05) is 23.9 Å². The van der Waals surface area contributed by atoms with Crippen molar-refractivity contribution >= 4 is 28.8 Å². The second kappa shape index (κ2) is 5.68. The summed E-state index contributed by atoms with van der Waals surface area (Å²) in [5.74, 6) is -2.45. The molecule has 0 amide bonds. The maximum Gasteiger partial charge on any atom is 0.288 e. The molecule has 18 heavy (non-hydrogen) atoms. The summed E-state index contributed by atoms with van der Waals surface area (Å²) in [4.78, 5) is 4.41. The normalized spacial score (nSPS) is 10.6. The van der Waals surface area contributed by atoms with Crippen LogP contribution in [0.2, 0.25) is 0 Å². The molecule has 0 aliphatic rings. The number of hydrogen-bond donors (Lipinski definition) is 2. The quantitative estimate of drug-likeness (QED) is 0.829. The Morgan fingerprint density at radius 2 is 2.00 bits per heavy atom. The highest BCUT2D eigenvalue weighted by Gasteiger charge is 2.09. The molecule has 94 valence electrons. The second-order valence-corrected chi connectivity index (χ2v) is 4.54. The van der Waals surface area contributed by atoms with Crippen LogP contribution in [0.1, 0.15) is 0 Å². The molecule has 0 bridgehead atoms. The highest BCUT2D eigenvalue weighted by Crippen LogP contribution is 2.33. The number of nitrogen functional groups attached to an aromatic ring is 1. The lowest BCUT2D eigenvalue weighted by Crippen LogP contribution is -1.95. The largest absolute Gasteiger partial charge is 0.397 e. The Labute approximate surface area is 107 Å². The molecule has 0 radical (unpaired) electrons. The second-order valence-electron chi connectivity index (χ2n) is 3.51. The monoisotopic (exact) mass is 267 g/mol. The number of pyridine rings is 1. The smallest absolute Gasteiger partial charge is 0.288 e. The molecule has 0 aliphatic carbocycles. The zero-order chi connectivity index (χ0) is 13.0. The van der Waals surface area contributed by atoms with Crippen LogP contribution in [0, 0.1) is 0 Å². The SMILES string of the molecule is Nc1cncc(Nc2ccccc2SC(F)F)c1. The minimum Gasteiger partial charge on any atom is -0.397 e. The van der Waals surface area contributed by atoms with Crippen molar-refractivity contribution in [2.45, 2.75) is 10.7 Å². The summed E-state index contributed by atoms with van der Waals surface area (Å²) >= 11 is 0.501. The lowest BCUT2D eigenvalue weighted by molar-refractivity contribution is 0.252. The Kier molecular flexibility index (Phi) is 3.99. The third-order valence-corrected chi connectivity index (χ3v) is 2.93. The molecule has 1 heterocycles. The van der Waals surface area contributed by atoms with Crippen molar-refractivity contribution in [1.82, 2.24) is 4.98 Å². The molecule has 3 nitrogen and oxygen atoms in total. The minimum atomic E-state index is -2.45. The molecule has 0 fully saturated rings. The number of hydrogen-bond acceptors (Lipinski definition) is 4. The topological polar surface area (TPSA) is 50.9 Å². The van der Waals surface area contributed by atoms with E-state index in [1.165, 1.54) is 6.20 Å². The summed E-state index contributed by atoms with van der Waals surface area (Å²) in [5, 5.41) is 3.02. The molecule has 0 spiro atoms. The van der Waals surface area contributed by atoms with Gasteiger partial charge in [0.05, 0.1) is 23.3 Å². The number of nitrogens with one attached hydrogen (secondary N) is 1. The van der Waals surface area contributed by atoms with Crippen molar-refractivity contribution in [3.05, 3.63) is 42.7 Å². The average Bonchev–Trinajstić information content (AvgIpc) is 2.31. The van der Waals surface area contributed by atoms with Crippen LogP contribution in [0.4, 0.5) is 25.8 Å². The standard InChI is InChI=1S/C12H11F2N3S/c13-12(14)18-11-4-2-1-3-10(11)17-9-5-8(15)6-16-7-9/h1-7,12,17H,15H2. The van der Waals surface area contributed by atoms with E-state index < -0.39 is 5.76 Å². The lowest BCUT2D eigenvalue weighted by atomic mass is 10.3. The predicted octanol–water partition coefficient (Wildman–Crippen LogP) is 3.72. The van der Waals surface area contributed by atoms with Gasteiger partial charge in [-0.3, -0.25) is 4.98 Å². The number of alkyl halides is 2. The van der Waals surface area contributed by atoms with Gasteiger partial charge in [0.15, 0.2) is 0 Å². The molecule has 1 aromatic carbocycles. The van der Waals surface area contributed by atoms with Crippen LogP contribution >= 0.6 is 11.8 Å². The molecule has 1 aromatic heterocycles. The van der Waals surface area contributed by atoms with Crippen molar-refractivity contribution < 1.29 is 8.78 Å². The van der Waals surface area contributed by atoms with Crippen LogP contribution in [0.15, 0.2) is 47.6 Å². The summed E-state index contributed by atoms with van der Waals surface area (Å²) < 4.78 is 24.8. The maximum atomic E-state index is 12.4. The van der Waals surface area contributed by atoms with Gasteiger partial charge in [0, 0.05) is 11.1 Å². The Hall–Kier alpha value is -1.82. The predicted molar refractivity (Wildman–Crippen MR) is 70.2 cm³/mol. The summed E-state index contributed by atoms with van der Waals surface area (Å²) in [5.41, 5.74) is 7.39. The zero-order valence-corrected chi connectivity index (χ0v) is 10.1. The number of anilines is 3. The van der Waals surface area contributed by atoms with E-state index in [2.05, 4.69) is 10.3 Å². The minimum absolute atomic E-state index is 0.481. The fourth-order valence-corrected chi connectivity index (χ4v) is 2.05. The van der Waals surface area contributed by atoms with Gasteiger partial charge < -0.3 is 11.1 Å². The highest BCUT2D eigenvalue weighted by molar-refractivity contribution is 7.99. The third kappa shape index (κ3) is 3.33. The number of nitrogens with two attached hydrogens (primary N) is 1. The summed E-state index contributed by atoms with van der Waals surface area (Å²) in [6.45, 7) is 0. The lowest BCUT2D eigenvalue weighted by Gasteiger charge is -2.11. The van der Waals surface area contributed by atoms with E-state index >= 15 is 0 Å². The molecule has 0 atom stereocenters. The molecule has 0 aliphatic heterocycles. The molecular formula is C12H11F2N3S.